The van der Waals surface area contributed by atoms with Crippen LogP contribution in [0.1, 0.15) is 50.9 Å². The number of ether oxygens (including phenoxy) is 1. The third-order valence-corrected chi connectivity index (χ3v) is 3.04. The smallest absolute Gasteiger partial charge is 0.244 e. The summed E-state index contributed by atoms with van der Waals surface area (Å²) in [5.74, 6) is 3.37. The minimum Gasteiger partial charge on any atom is -0.370 e. The molecule has 0 fully saturated rings. The number of nitrogens with two attached hydrogens (primary N) is 1. The monoisotopic (exact) mass is 237 g/mol. The van der Waals surface area contributed by atoms with Gasteiger partial charge >= 0.3 is 0 Å². The van der Waals surface area contributed by atoms with Gasteiger partial charge in [-0.3, -0.25) is 0 Å². The van der Waals surface area contributed by atoms with Crippen LogP contribution in [0.15, 0.2) is 4.52 Å². The summed E-state index contributed by atoms with van der Waals surface area (Å²) in [6.07, 6.45) is 7.10. The Kier molecular flexibility index (Phi) is 4.67. The molecule has 0 aliphatic heterocycles. The second kappa shape index (κ2) is 5.80. The Morgan fingerprint density at radius 1 is 1.53 bits per heavy atom. The first-order chi connectivity index (χ1) is 8.13. The molecule has 1 aromatic heterocycles. The Bertz CT molecular complexity index is 382. The molecule has 2 N–H and O–H groups in total. The van der Waals surface area contributed by atoms with Crippen molar-refractivity contribution in [2.75, 3.05) is 7.11 Å². The molecule has 0 saturated heterocycles. The minimum absolute atomic E-state index is 0.362. The number of methoxy groups -OCH3 is 1. The molecule has 5 heteroatoms. The first-order valence-electron chi connectivity index (χ1n) is 5.71. The highest BCUT2D eigenvalue weighted by Crippen LogP contribution is 2.30. The zero-order chi connectivity index (χ0) is 12.9. The fourth-order valence-electron chi connectivity index (χ4n) is 1.73. The van der Waals surface area contributed by atoms with Crippen LogP contribution >= 0.6 is 0 Å². The molecule has 0 saturated carbocycles. The van der Waals surface area contributed by atoms with E-state index in [0.717, 1.165) is 12.8 Å². The Morgan fingerprint density at radius 2 is 2.18 bits per heavy atom. The molecule has 1 aromatic rings. The SMILES string of the molecule is C#CCC(N)c1nc(C(CC)(CC)OC)no1. The highest BCUT2D eigenvalue weighted by atomic mass is 16.5. The van der Waals surface area contributed by atoms with Crippen LogP contribution < -0.4 is 5.73 Å². The first kappa shape index (κ1) is 13.7. The van der Waals surface area contributed by atoms with Crippen LogP contribution in [0.25, 0.3) is 0 Å². The molecule has 1 rings (SSSR count). The van der Waals surface area contributed by atoms with E-state index in [4.69, 9.17) is 21.4 Å². The zero-order valence-electron chi connectivity index (χ0n) is 10.6. The van der Waals surface area contributed by atoms with Gasteiger partial charge in [0.2, 0.25) is 11.7 Å². The van der Waals surface area contributed by atoms with Crippen molar-refractivity contribution in [1.82, 2.24) is 10.1 Å². The second-order valence-electron chi connectivity index (χ2n) is 3.88. The van der Waals surface area contributed by atoms with E-state index in [1.54, 1.807) is 7.11 Å². The largest absolute Gasteiger partial charge is 0.370 e. The van der Waals surface area contributed by atoms with Crippen molar-refractivity contribution in [1.29, 1.82) is 0 Å². The Morgan fingerprint density at radius 3 is 2.65 bits per heavy atom. The third-order valence-electron chi connectivity index (χ3n) is 3.04. The molecular formula is C12H19N3O2. The molecular weight excluding hydrogens is 218 g/mol. The molecule has 1 atom stereocenters. The van der Waals surface area contributed by atoms with Crippen LogP contribution in [-0.2, 0) is 10.3 Å². The summed E-state index contributed by atoms with van der Waals surface area (Å²) in [5.41, 5.74) is 5.30. The number of nitrogens with zero attached hydrogens (tertiary/aromatic N) is 2. The Balaban J connectivity index is 2.97. The summed E-state index contributed by atoms with van der Waals surface area (Å²) >= 11 is 0. The van der Waals surface area contributed by atoms with E-state index in [0.29, 0.717) is 18.1 Å². The Hall–Kier alpha value is -1.38. The maximum atomic E-state index is 5.81. The lowest BCUT2D eigenvalue weighted by Gasteiger charge is -2.25. The van der Waals surface area contributed by atoms with Gasteiger partial charge in [0.15, 0.2) is 0 Å². The van der Waals surface area contributed by atoms with Gasteiger partial charge < -0.3 is 15.0 Å². The zero-order valence-corrected chi connectivity index (χ0v) is 10.6. The maximum Gasteiger partial charge on any atom is 0.244 e. The van der Waals surface area contributed by atoms with Gasteiger partial charge in [-0.15, -0.1) is 12.3 Å². The summed E-state index contributed by atoms with van der Waals surface area (Å²) in [4.78, 5) is 4.29. The summed E-state index contributed by atoms with van der Waals surface area (Å²) in [6.45, 7) is 4.04. The second-order valence-corrected chi connectivity index (χ2v) is 3.88. The van der Waals surface area contributed by atoms with Crippen LogP contribution in [0.3, 0.4) is 0 Å². The van der Waals surface area contributed by atoms with Crippen LogP contribution in [-0.4, -0.2) is 17.3 Å². The molecule has 94 valence electrons. The lowest BCUT2D eigenvalue weighted by molar-refractivity contribution is -0.0306. The number of rotatable bonds is 6. The van der Waals surface area contributed by atoms with Gasteiger partial charge in [0.05, 0.1) is 6.04 Å². The number of aromatic nitrogens is 2. The van der Waals surface area contributed by atoms with Crippen molar-refractivity contribution >= 4 is 0 Å². The fraction of sp³-hybridized carbons (Fsp3) is 0.667. The molecule has 0 aromatic carbocycles. The topological polar surface area (TPSA) is 74.2 Å². The normalized spacial score (nSPS) is 13.4. The lowest BCUT2D eigenvalue weighted by Crippen LogP contribution is -2.28. The van der Waals surface area contributed by atoms with Crippen molar-refractivity contribution in [3.05, 3.63) is 11.7 Å². The van der Waals surface area contributed by atoms with Crippen molar-refractivity contribution in [3.8, 4) is 12.3 Å². The van der Waals surface area contributed by atoms with Crippen LogP contribution in [0.5, 0.6) is 0 Å². The molecule has 0 bridgehead atoms. The van der Waals surface area contributed by atoms with E-state index in [1.807, 2.05) is 13.8 Å². The van der Waals surface area contributed by atoms with Gasteiger partial charge in [-0.25, -0.2) is 0 Å². The highest BCUT2D eigenvalue weighted by molar-refractivity contribution is 5.04. The van der Waals surface area contributed by atoms with E-state index >= 15 is 0 Å². The summed E-state index contributed by atoms with van der Waals surface area (Å²) in [6, 6.07) is -0.412. The first-order valence-corrected chi connectivity index (χ1v) is 5.71. The van der Waals surface area contributed by atoms with Gasteiger partial charge in [-0.2, -0.15) is 4.98 Å². The lowest BCUT2D eigenvalue weighted by atomic mass is 9.96. The predicted octanol–water partition coefficient (Wildman–Crippen LogP) is 1.75. The van der Waals surface area contributed by atoms with Crippen molar-refractivity contribution in [3.63, 3.8) is 0 Å². The molecule has 0 spiro atoms. The van der Waals surface area contributed by atoms with Crippen molar-refractivity contribution in [2.24, 2.45) is 5.73 Å². The summed E-state index contributed by atoms with van der Waals surface area (Å²) in [7, 11) is 1.64. The molecule has 1 unspecified atom stereocenters. The van der Waals surface area contributed by atoms with Crippen LogP contribution in [0, 0.1) is 12.3 Å². The number of hydrogen-bond acceptors (Lipinski definition) is 5. The van der Waals surface area contributed by atoms with E-state index in [-0.39, 0.29) is 0 Å². The molecule has 17 heavy (non-hydrogen) atoms. The maximum absolute atomic E-state index is 5.81. The van der Waals surface area contributed by atoms with Crippen molar-refractivity contribution in [2.45, 2.75) is 44.8 Å². The molecule has 5 nitrogen and oxygen atoms in total. The van der Waals surface area contributed by atoms with Crippen molar-refractivity contribution < 1.29 is 9.26 Å². The molecule has 0 aliphatic carbocycles. The van der Waals surface area contributed by atoms with E-state index in [9.17, 15) is 0 Å². The predicted molar refractivity (Wildman–Crippen MR) is 63.9 cm³/mol. The number of hydrogen-bond donors (Lipinski definition) is 1. The highest BCUT2D eigenvalue weighted by Gasteiger charge is 2.34. The van der Waals surface area contributed by atoms with Gasteiger partial charge in [0, 0.05) is 13.5 Å². The standard InChI is InChI=1S/C12H19N3O2/c1-5-8-9(13)10-14-11(15-17-10)12(6-2,7-3)16-4/h1,9H,6-8,13H2,2-4H3. The minimum atomic E-state index is -0.502. The van der Waals surface area contributed by atoms with E-state index < -0.39 is 11.6 Å². The van der Waals surface area contributed by atoms with E-state index in [2.05, 4.69) is 16.1 Å². The fourth-order valence-corrected chi connectivity index (χ4v) is 1.73. The molecule has 0 radical (unpaired) electrons. The average Bonchev–Trinajstić information content (AvgIpc) is 2.83. The summed E-state index contributed by atoms with van der Waals surface area (Å²) in [5, 5.41) is 3.94. The van der Waals surface area contributed by atoms with Gasteiger partial charge in [0.25, 0.3) is 0 Å². The van der Waals surface area contributed by atoms with Crippen LogP contribution in [0.2, 0.25) is 0 Å². The quantitative estimate of drug-likeness (QED) is 0.763. The van der Waals surface area contributed by atoms with Gasteiger partial charge in [-0.05, 0) is 12.8 Å². The average molecular weight is 237 g/mol. The van der Waals surface area contributed by atoms with E-state index in [1.165, 1.54) is 0 Å². The van der Waals surface area contributed by atoms with Gasteiger partial charge in [-0.1, -0.05) is 19.0 Å². The Labute approximate surface area is 102 Å². The molecule has 0 aliphatic rings. The van der Waals surface area contributed by atoms with Crippen LogP contribution in [0.4, 0.5) is 0 Å². The summed E-state index contributed by atoms with van der Waals surface area (Å²) < 4.78 is 10.6. The van der Waals surface area contributed by atoms with Gasteiger partial charge in [0.1, 0.15) is 5.60 Å². The number of terminal acetylenes is 1. The molecule has 1 heterocycles. The third kappa shape index (κ3) is 2.65. The molecule has 0 amide bonds.